The zero-order chi connectivity index (χ0) is 23.5. The van der Waals surface area contributed by atoms with E-state index in [2.05, 4.69) is 5.32 Å². The van der Waals surface area contributed by atoms with Gasteiger partial charge >= 0.3 is 6.18 Å². The maximum absolute atomic E-state index is 13.2. The Bertz CT molecular complexity index is 1220. The number of rotatable bonds is 6. The minimum atomic E-state index is -4.77. The second kappa shape index (κ2) is 9.17. The van der Waals surface area contributed by atoms with E-state index < -0.39 is 45.7 Å². The fraction of sp³-hybridized carbons (Fsp3) is 0.0952. The quantitative estimate of drug-likeness (QED) is 0.479. The van der Waals surface area contributed by atoms with Crippen molar-refractivity contribution in [2.24, 2.45) is 0 Å². The molecule has 0 saturated carbocycles. The maximum atomic E-state index is 13.2. The first-order chi connectivity index (χ1) is 15.0. The van der Waals surface area contributed by atoms with Gasteiger partial charge in [0.15, 0.2) is 0 Å². The van der Waals surface area contributed by atoms with E-state index in [9.17, 15) is 30.8 Å². The molecule has 0 aromatic heterocycles. The Morgan fingerprint density at radius 3 is 2.19 bits per heavy atom. The Hall–Kier alpha value is -3.11. The number of carbonyl (C=O) groups is 1. The lowest BCUT2D eigenvalue weighted by molar-refractivity contribution is -0.137. The molecule has 0 radical (unpaired) electrons. The van der Waals surface area contributed by atoms with Crippen LogP contribution in [0.5, 0.6) is 0 Å². The van der Waals surface area contributed by atoms with Crippen LogP contribution in [0.4, 0.5) is 28.9 Å². The second-order valence-corrected chi connectivity index (χ2v) is 8.81. The maximum Gasteiger partial charge on any atom is 0.416 e. The van der Waals surface area contributed by atoms with Crippen molar-refractivity contribution in [1.29, 1.82) is 0 Å². The molecule has 168 valence electrons. The average molecular weight is 487 g/mol. The van der Waals surface area contributed by atoms with Crippen molar-refractivity contribution in [3.8, 4) is 0 Å². The van der Waals surface area contributed by atoms with Gasteiger partial charge in [-0.2, -0.15) is 13.2 Å². The van der Waals surface area contributed by atoms with Crippen LogP contribution >= 0.6 is 11.6 Å². The van der Waals surface area contributed by atoms with E-state index in [1.807, 2.05) is 0 Å². The molecule has 1 amide bonds. The lowest BCUT2D eigenvalue weighted by atomic mass is 10.2. The number of amides is 1. The molecule has 0 bridgehead atoms. The van der Waals surface area contributed by atoms with Crippen LogP contribution in [0.3, 0.4) is 0 Å². The Balaban J connectivity index is 2.04. The van der Waals surface area contributed by atoms with Crippen LogP contribution in [0.1, 0.15) is 5.56 Å². The van der Waals surface area contributed by atoms with Crippen LogP contribution < -0.4 is 9.62 Å². The lowest BCUT2D eigenvalue weighted by Gasteiger charge is -2.25. The molecule has 0 fully saturated rings. The number of carbonyl (C=O) groups excluding carboxylic acids is 1. The molecule has 0 heterocycles. The average Bonchev–Trinajstić information content (AvgIpc) is 2.74. The largest absolute Gasteiger partial charge is 0.416 e. The highest BCUT2D eigenvalue weighted by atomic mass is 35.5. The number of anilines is 2. The van der Waals surface area contributed by atoms with Gasteiger partial charge in [0.2, 0.25) is 5.91 Å². The molecule has 32 heavy (non-hydrogen) atoms. The van der Waals surface area contributed by atoms with Gasteiger partial charge in [0, 0.05) is 5.69 Å². The van der Waals surface area contributed by atoms with Gasteiger partial charge in [0.25, 0.3) is 10.0 Å². The third-order valence-electron chi connectivity index (χ3n) is 4.29. The number of benzene rings is 3. The molecule has 3 aromatic carbocycles. The zero-order valence-electron chi connectivity index (χ0n) is 16.1. The van der Waals surface area contributed by atoms with Crippen LogP contribution in [0.15, 0.2) is 77.7 Å². The summed E-state index contributed by atoms with van der Waals surface area (Å²) in [6.45, 7) is -0.879. The molecule has 0 unspecified atom stereocenters. The summed E-state index contributed by atoms with van der Waals surface area (Å²) in [6.07, 6.45) is -4.77. The van der Waals surface area contributed by atoms with Gasteiger partial charge in [0.1, 0.15) is 12.4 Å². The topological polar surface area (TPSA) is 66.5 Å². The van der Waals surface area contributed by atoms with Gasteiger partial charge in [-0.05, 0) is 54.6 Å². The van der Waals surface area contributed by atoms with Crippen molar-refractivity contribution in [1.82, 2.24) is 0 Å². The van der Waals surface area contributed by atoms with E-state index in [0.29, 0.717) is 16.4 Å². The predicted octanol–water partition coefficient (Wildman–Crippen LogP) is 5.33. The standard InChI is InChI=1S/C21H15ClF4N2O3S/c22-18-11-6-14(21(24,25)26)12-19(18)28(32(30,31)17-4-2-1-3-5-17)13-20(29)27-16-9-7-15(23)8-10-16/h1-12H,13H2,(H,27,29). The van der Waals surface area contributed by atoms with Gasteiger partial charge in [-0.25, -0.2) is 12.8 Å². The van der Waals surface area contributed by atoms with Crippen molar-refractivity contribution in [3.05, 3.63) is 89.2 Å². The third kappa shape index (κ3) is 5.38. The summed E-state index contributed by atoms with van der Waals surface area (Å²) in [5.74, 6) is -1.42. The van der Waals surface area contributed by atoms with E-state index in [4.69, 9.17) is 11.6 Å². The Morgan fingerprint density at radius 2 is 1.59 bits per heavy atom. The number of halogens is 5. The smallest absolute Gasteiger partial charge is 0.325 e. The minimum Gasteiger partial charge on any atom is -0.325 e. The number of sulfonamides is 1. The molecule has 3 rings (SSSR count). The third-order valence-corrected chi connectivity index (χ3v) is 6.38. The van der Waals surface area contributed by atoms with Crippen molar-refractivity contribution in [3.63, 3.8) is 0 Å². The predicted molar refractivity (Wildman–Crippen MR) is 112 cm³/mol. The van der Waals surface area contributed by atoms with E-state index in [0.717, 1.165) is 18.2 Å². The van der Waals surface area contributed by atoms with Crippen LogP contribution in [0, 0.1) is 5.82 Å². The SMILES string of the molecule is O=C(CN(c1cc(C(F)(F)F)ccc1Cl)S(=O)(=O)c1ccccc1)Nc1ccc(F)cc1. The molecule has 5 nitrogen and oxygen atoms in total. The van der Waals surface area contributed by atoms with Gasteiger partial charge in [-0.3, -0.25) is 9.10 Å². The van der Waals surface area contributed by atoms with Crippen molar-refractivity contribution in [2.45, 2.75) is 11.1 Å². The first-order valence-corrected chi connectivity index (χ1v) is 10.8. The van der Waals surface area contributed by atoms with Crippen LogP contribution in [-0.4, -0.2) is 20.9 Å². The molecule has 1 N–H and O–H groups in total. The monoisotopic (exact) mass is 486 g/mol. The first-order valence-electron chi connectivity index (χ1n) is 8.98. The molecule has 0 aliphatic rings. The molecule has 0 spiro atoms. The number of hydrogen-bond donors (Lipinski definition) is 1. The Labute approximate surface area is 186 Å². The lowest BCUT2D eigenvalue weighted by Crippen LogP contribution is -2.38. The van der Waals surface area contributed by atoms with E-state index in [-0.39, 0.29) is 15.6 Å². The molecular weight excluding hydrogens is 472 g/mol. The van der Waals surface area contributed by atoms with Crippen molar-refractivity contribution < 1.29 is 30.8 Å². The van der Waals surface area contributed by atoms with Crippen LogP contribution in [0.2, 0.25) is 5.02 Å². The number of hydrogen-bond acceptors (Lipinski definition) is 3. The fourth-order valence-corrected chi connectivity index (χ4v) is 4.49. The Kier molecular flexibility index (Phi) is 6.75. The van der Waals surface area contributed by atoms with Gasteiger partial charge in [0.05, 0.1) is 21.2 Å². The second-order valence-electron chi connectivity index (χ2n) is 6.54. The summed E-state index contributed by atoms with van der Waals surface area (Å²) in [7, 11) is -4.47. The van der Waals surface area contributed by atoms with E-state index in [1.54, 1.807) is 6.07 Å². The molecule has 0 atom stereocenters. The summed E-state index contributed by atoms with van der Waals surface area (Å²) in [6, 6.07) is 13.7. The highest BCUT2D eigenvalue weighted by molar-refractivity contribution is 7.92. The summed E-state index contributed by atoms with van der Waals surface area (Å²) in [5, 5.41) is 2.08. The molecule has 11 heteroatoms. The zero-order valence-corrected chi connectivity index (χ0v) is 17.7. The first kappa shape index (κ1) is 23.6. The molecule has 3 aromatic rings. The number of nitrogens with one attached hydrogen (secondary N) is 1. The Morgan fingerprint density at radius 1 is 0.969 bits per heavy atom. The summed E-state index contributed by atoms with van der Waals surface area (Å²) >= 11 is 6.05. The van der Waals surface area contributed by atoms with Crippen LogP contribution in [-0.2, 0) is 21.0 Å². The highest BCUT2D eigenvalue weighted by Crippen LogP contribution is 2.37. The normalized spacial score (nSPS) is 11.8. The van der Waals surface area contributed by atoms with Gasteiger partial charge < -0.3 is 5.32 Å². The molecule has 0 aliphatic carbocycles. The van der Waals surface area contributed by atoms with Crippen molar-refractivity contribution >= 4 is 38.9 Å². The van der Waals surface area contributed by atoms with E-state index >= 15 is 0 Å². The summed E-state index contributed by atoms with van der Waals surface area (Å²) in [4.78, 5) is 12.3. The highest BCUT2D eigenvalue weighted by Gasteiger charge is 2.34. The van der Waals surface area contributed by atoms with Crippen molar-refractivity contribution in [2.75, 3.05) is 16.2 Å². The van der Waals surface area contributed by atoms with E-state index in [1.165, 1.54) is 36.4 Å². The minimum absolute atomic E-state index is 0.170. The number of alkyl halides is 3. The summed E-state index contributed by atoms with van der Waals surface area (Å²) < 4.78 is 79.8. The summed E-state index contributed by atoms with van der Waals surface area (Å²) in [5.41, 5.74) is -1.48. The molecular formula is C21H15ClF4N2O3S. The van der Waals surface area contributed by atoms with Crippen LogP contribution in [0.25, 0.3) is 0 Å². The van der Waals surface area contributed by atoms with Gasteiger partial charge in [-0.1, -0.05) is 29.8 Å². The molecule has 0 aliphatic heterocycles. The van der Waals surface area contributed by atoms with Gasteiger partial charge in [-0.15, -0.1) is 0 Å². The fourth-order valence-electron chi connectivity index (χ4n) is 2.76. The number of nitrogens with zero attached hydrogens (tertiary/aromatic N) is 1. The molecule has 0 saturated heterocycles.